The van der Waals surface area contributed by atoms with Crippen molar-refractivity contribution in [2.75, 3.05) is 6.61 Å². The van der Waals surface area contributed by atoms with Gasteiger partial charge in [-0.15, -0.1) is 0 Å². The van der Waals surface area contributed by atoms with Crippen molar-refractivity contribution in [3.05, 3.63) is 78.6 Å². The quantitative estimate of drug-likeness (QED) is 0.342. The molecule has 188 valence electrons. The van der Waals surface area contributed by atoms with Crippen molar-refractivity contribution in [1.29, 1.82) is 0 Å². The fourth-order valence-electron chi connectivity index (χ4n) is 5.10. The summed E-state index contributed by atoms with van der Waals surface area (Å²) in [6, 6.07) is 9.05. The van der Waals surface area contributed by atoms with E-state index >= 15 is 0 Å². The van der Waals surface area contributed by atoms with Gasteiger partial charge in [0.25, 0.3) is 0 Å². The van der Waals surface area contributed by atoms with Crippen LogP contribution in [-0.4, -0.2) is 18.2 Å². The van der Waals surface area contributed by atoms with Crippen molar-refractivity contribution in [3.63, 3.8) is 0 Å². The van der Waals surface area contributed by atoms with Gasteiger partial charge in [-0.1, -0.05) is 29.3 Å². The van der Waals surface area contributed by atoms with E-state index in [1.54, 1.807) is 12.1 Å². The second-order valence-electron chi connectivity index (χ2n) is 9.05. The Bertz CT molecular complexity index is 1270. The summed E-state index contributed by atoms with van der Waals surface area (Å²) in [7, 11) is 0. The lowest BCUT2D eigenvalue weighted by Gasteiger charge is -2.36. The van der Waals surface area contributed by atoms with E-state index in [4.69, 9.17) is 37.4 Å². The molecule has 0 spiro atoms. The van der Waals surface area contributed by atoms with Crippen LogP contribution in [0, 0.1) is 0 Å². The highest BCUT2D eigenvalue weighted by atomic mass is 79.9. The second kappa shape index (κ2) is 10.6. The Morgan fingerprint density at radius 1 is 0.944 bits per heavy atom. The summed E-state index contributed by atoms with van der Waals surface area (Å²) < 4.78 is 18.9. The minimum atomic E-state index is -0.473. The van der Waals surface area contributed by atoms with Gasteiger partial charge in [-0.25, -0.2) is 0 Å². The summed E-state index contributed by atoms with van der Waals surface area (Å²) in [5.74, 6) is 2.06. The zero-order valence-electron chi connectivity index (χ0n) is 19.8. The van der Waals surface area contributed by atoms with Gasteiger partial charge in [0.1, 0.15) is 18.1 Å². The van der Waals surface area contributed by atoms with Crippen molar-refractivity contribution in [1.82, 2.24) is 0 Å². The lowest BCUT2D eigenvalue weighted by Crippen LogP contribution is -2.30. The van der Waals surface area contributed by atoms with Crippen molar-refractivity contribution >= 4 is 50.7 Å². The fraction of sp³-hybridized carbons (Fsp3) is 0.357. The zero-order chi connectivity index (χ0) is 25.4. The van der Waals surface area contributed by atoms with Crippen molar-refractivity contribution in [2.24, 2.45) is 0 Å². The summed E-state index contributed by atoms with van der Waals surface area (Å²) in [6.07, 6.45) is 3.83. The molecule has 0 saturated carbocycles. The molecule has 0 aromatic heterocycles. The van der Waals surface area contributed by atoms with Gasteiger partial charge in [0, 0.05) is 58.4 Å². The van der Waals surface area contributed by atoms with Gasteiger partial charge in [0.15, 0.2) is 23.1 Å². The van der Waals surface area contributed by atoms with E-state index in [0.717, 1.165) is 24.0 Å². The minimum absolute atomic E-state index is 0.0398. The molecule has 8 heteroatoms. The Balaban J connectivity index is 1.57. The van der Waals surface area contributed by atoms with Gasteiger partial charge in [0.2, 0.25) is 0 Å². The number of carbonyl (C=O) groups excluding carboxylic acids is 2. The van der Waals surface area contributed by atoms with Crippen LogP contribution >= 0.6 is 39.1 Å². The number of hydrogen-bond donors (Lipinski definition) is 0. The number of carbonyl (C=O) groups is 2. The molecular formula is C28H25BrCl2O5. The molecule has 0 N–H and O–H groups in total. The Morgan fingerprint density at radius 3 is 2.22 bits per heavy atom. The number of allylic oxidation sites excluding steroid dienone is 4. The molecule has 2 aromatic rings. The third kappa shape index (κ3) is 4.83. The van der Waals surface area contributed by atoms with Gasteiger partial charge >= 0.3 is 0 Å². The molecule has 0 atom stereocenters. The maximum atomic E-state index is 13.1. The molecule has 5 rings (SSSR count). The molecule has 36 heavy (non-hydrogen) atoms. The van der Waals surface area contributed by atoms with E-state index < -0.39 is 5.92 Å². The summed E-state index contributed by atoms with van der Waals surface area (Å²) >= 11 is 16.0. The Morgan fingerprint density at radius 2 is 1.61 bits per heavy atom. The van der Waals surface area contributed by atoms with Gasteiger partial charge in [0.05, 0.1) is 11.1 Å². The van der Waals surface area contributed by atoms with E-state index in [0.29, 0.717) is 81.0 Å². The third-order valence-corrected chi connectivity index (χ3v) is 7.87. The van der Waals surface area contributed by atoms with Crippen LogP contribution in [-0.2, 0) is 20.9 Å². The smallest absolute Gasteiger partial charge is 0.175 e. The first-order chi connectivity index (χ1) is 17.4. The summed E-state index contributed by atoms with van der Waals surface area (Å²) in [5.41, 5.74) is 2.79. The van der Waals surface area contributed by atoms with Crippen LogP contribution in [0.5, 0.6) is 11.5 Å². The standard InChI is InChI=1S/C28H25BrCl2O5/c1-2-34-24-12-16(11-18(29)28(24)35-14-15-9-10-17(30)13-19(15)31)25-26-20(32)5-3-7-22(26)36-23-8-4-6-21(33)27(23)25/h9-13,25H,2-8,14H2,1H3. The molecule has 1 heterocycles. The average Bonchev–Trinajstić information content (AvgIpc) is 2.84. The normalized spacial score (nSPS) is 18.1. The van der Waals surface area contributed by atoms with Gasteiger partial charge in [-0.05, 0) is 65.5 Å². The zero-order valence-corrected chi connectivity index (χ0v) is 22.9. The molecule has 3 aliphatic rings. The minimum Gasteiger partial charge on any atom is -0.490 e. The van der Waals surface area contributed by atoms with Gasteiger partial charge in [-0.3, -0.25) is 9.59 Å². The Hall–Kier alpha value is -2.28. The van der Waals surface area contributed by atoms with Crippen LogP contribution in [0.3, 0.4) is 0 Å². The van der Waals surface area contributed by atoms with Crippen LogP contribution in [0.4, 0.5) is 0 Å². The maximum Gasteiger partial charge on any atom is 0.175 e. The highest BCUT2D eigenvalue weighted by Crippen LogP contribution is 2.50. The third-order valence-electron chi connectivity index (χ3n) is 6.69. The number of ether oxygens (including phenoxy) is 3. The topological polar surface area (TPSA) is 61.8 Å². The van der Waals surface area contributed by atoms with Gasteiger partial charge in [-0.2, -0.15) is 0 Å². The molecule has 2 aromatic carbocycles. The largest absolute Gasteiger partial charge is 0.490 e. The predicted molar refractivity (Wildman–Crippen MR) is 142 cm³/mol. The van der Waals surface area contributed by atoms with Crippen LogP contribution in [0.25, 0.3) is 0 Å². The first kappa shape index (κ1) is 25.4. The number of benzene rings is 2. The molecule has 0 radical (unpaired) electrons. The van der Waals surface area contributed by atoms with Crippen LogP contribution in [0.1, 0.15) is 62.5 Å². The first-order valence-corrected chi connectivity index (χ1v) is 13.7. The number of halogens is 3. The molecule has 0 saturated heterocycles. The molecule has 0 unspecified atom stereocenters. The number of Topliss-reactive ketones (excluding diaryl/α,β-unsaturated/α-hetero) is 2. The van der Waals surface area contributed by atoms with E-state index in [2.05, 4.69) is 15.9 Å². The van der Waals surface area contributed by atoms with E-state index in [9.17, 15) is 9.59 Å². The number of ketones is 2. The molecule has 5 nitrogen and oxygen atoms in total. The van der Waals surface area contributed by atoms with E-state index in [1.165, 1.54) is 0 Å². The molecule has 0 amide bonds. The SMILES string of the molecule is CCOc1cc(C2C3=C(CCCC3=O)OC3=C2C(=O)CCC3)cc(Br)c1OCc1ccc(Cl)cc1Cl. The summed E-state index contributed by atoms with van der Waals surface area (Å²) in [4.78, 5) is 26.2. The molecule has 1 aliphatic heterocycles. The Labute approximate surface area is 228 Å². The Kier molecular flexibility index (Phi) is 7.47. The second-order valence-corrected chi connectivity index (χ2v) is 10.7. The lowest BCUT2D eigenvalue weighted by atomic mass is 9.73. The van der Waals surface area contributed by atoms with Crippen LogP contribution < -0.4 is 9.47 Å². The maximum absolute atomic E-state index is 13.1. The predicted octanol–water partition coefficient (Wildman–Crippen LogP) is 7.86. The molecule has 2 aliphatic carbocycles. The molecular weight excluding hydrogens is 567 g/mol. The number of hydrogen-bond acceptors (Lipinski definition) is 5. The summed E-state index contributed by atoms with van der Waals surface area (Å²) in [5, 5.41) is 1.07. The average molecular weight is 592 g/mol. The van der Waals surface area contributed by atoms with E-state index in [-0.39, 0.29) is 18.2 Å². The van der Waals surface area contributed by atoms with Crippen molar-refractivity contribution < 1.29 is 23.8 Å². The summed E-state index contributed by atoms with van der Waals surface area (Å²) in [6.45, 7) is 2.53. The fourth-order valence-corrected chi connectivity index (χ4v) is 6.13. The van der Waals surface area contributed by atoms with Gasteiger partial charge < -0.3 is 14.2 Å². The number of rotatable bonds is 6. The van der Waals surface area contributed by atoms with E-state index in [1.807, 2.05) is 25.1 Å². The van der Waals surface area contributed by atoms with Crippen molar-refractivity contribution in [3.8, 4) is 11.5 Å². The van der Waals surface area contributed by atoms with Crippen LogP contribution in [0.2, 0.25) is 10.0 Å². The highest BCUT2D eigenvalue weighted by Gasteiger charge is 2.42. The first-order valence-electron chi connectivity index (χ1n) is 12.1. The highest BCUT2D eigenvalue weighted by molar-refractivity contribution is 9.10. The molecule has 0 fully saturated rings. The molecule has 0 bridgehead atoms. The van der Waals surface area contributed by atoms with Crippen LogP contribution in [0.15, 0.2) is 57.5 Å². The monoisotopic (exact) mass is 590 g/mol. The van der Waals surface area contributed by atoms with Crippen molar-refractivity contribution in [2.45, 2.75) is 58.0 Å². The lowest BCUT2D eigenvalue weighted by molar-refractivity contribution is -0.117.